The van der Waals surface area contributed by atoms with Gasteiger partial charge in [-0.15, -0.1) is 0 Å². The van der Waals surface area contributed by atoms with Crippen LogP contribution in [0.4, 0.5) is 11.5 Å². The van der Waals surface area contributed by atoms with Gasteiger partial charge in [0, 0.05) is 36.1 Å². The largest absolute Gasteiger partial charge is 0.507 e. The van der Waals surface area contributed by atoms with E-state index in [0.717, 1.165) is 18.3 Å². The number of ether oxygens (including phenoxy) is 1. The number of methoxy groups -OCH3 is 1. The molecule has 0 fully saturated rings. The van der Waals surface area contributed by atoms with Gasteiger partial charge in [-0.25, -0.2) is 4.98 Å². The molecule has 1 aromatic carbocycles. The number of nitro benzene ring substituents is 1. The molecule has 134 valence electrons. The number of aromatic hydroxyl groups is 2. The summed E-state index contributed by atoms with van der Waals surface area (Å²) in [5.41, 5.74) is 3.52. The van der Waals surface area contributed by atoms with Crippen molar-refractivity contribution >= 4 is 17.7 Å². The van der Waals surface area contributed by atoms with Gasteiger partial charge in [0.15, 0.2) is 11.6 Å². The first-order chi connectivity index (χ1) is 12.4. The average Bonchev–Trinajstić information content (AvgIpc) is 2.56. The van der Waals surface area contributed by atoms with E-state index in [4.69, 9.17) is 4.74 Å². The Morgan fingerprint density at radius 1 is 1.42 bits per heavy atom. The fourth-order valence-electron chi connectivity index (χ4n) is 2.21. The maximum atomic E-state index is 10.8. The van der Waals surface area contributed by atoms with E-state index in [1.807, 2.05) is 6.07 Å². The third-order valence-electron chi connectivity index (χ3n) is 3.34. The molecule has 0 bridgehead atoms. The Balaban J connectivity index is 2.33. The first-order valence-corrected chi connectivity index (χ1v) is 7.26. The van der Waals surface area contributed by atoms with Crippen LogP contribution in [0.1, 0.15) is 22.4 Å². The predicted molar refractivity (Wildman–Crippen MR) is 92.0 cm³/mol. The summed E-state index contributed by atoms with van der Waals surface area (Å²) in [4.78, 5) is 14.2. The summed E-state index contributed by atoms with van der Waals surface area (Å²) in [5.74, 6) is -0.867. The Morgan fingerprint density at radius 3 is 2.77 bits per heavy atom. The number of aromatic nitrogens is 1. The van der Waals surface area contributed by atoms with Crippen molar-refractivity contribution in [1.82, 2.24) is 4.98 Å². The first-order valence-electron chi connectivity index (χ1n) is 7.26. The molecular formula is C16H15N5O5. The van der Waals surface area contributed by atoms with Crippen molar-refractivity contribution in [2.24, 2.45) is 5.10 Å². The smallest absolute Gasteiger partial charge is 0.311 e. The Kier molecular flexibility index (Phi) is 5.67. The van der Waals surface area contributed by atoms with Gasteiger partial charge in [-0.05, 0) is 13.0 Å². The van der Waals surface area contributed by atoms with Gasteiger partial charge in [-0.2, -0.15) is 10.4 Å². The number of phenolic OH excluding ortho intramolecular Hbond substituents is 2. The van der Waals surface area contributed by atoms with Crippen molar-refractivity contribution in [2.75, 3.05) is 12.5 Å². The minimum atomic E-state index is -0.785. The molecule has 0 saturated carbocycles. The molecule has 0 atom stereocenters. The molecule has 0 aliphatic heterocycles. The van der Waals surface area contributed by atoms with Crippen LogP contribution in [0.2, 0.25) is 0 Å². The van der Waals surface area contributed by atoms with Gasteiger partial charge < -0.3 is 14.9 Å². The zero-order valence-electron chi connectivity index (χ0n) is 13.9. The molecule has 2 rings (SSSR count). The van der Waals surface area contributed by atoms with Gasteiger partial charge in [0.25, 0.3) is 0 Å². The van der Waals surface area contributed by atoms with Gasteiger partial charge in [0.2, 0.25) is 0 Å². The van der Waals surface area contributed by atoms with Crippen molar-refractivity contribution in [1.29, 1.82) is 5.26 Å². The van der Waals surface area contributed by atoms with E-state index in [-0.39, 0.29) is 23.6 Å². The highest BCUT2D eigenvalue weighted by atomic mass is 16.6. The summed E-state index contributed by atoms with van der Waals surface area (Å²) in [5, 5.41) is 43.2. The normalized spacial score (nSPS) is 10.7. The molecule has 1 heterocycles. The Hall–Kier alpha value is -3.71. The van der Waals surface area contributed by atoms with Gasteiger partial charge in [-0.1, -0.05) is 0 Å². The number of rotatable bonds is 6. The molecule has 10 nitrogen and oxygen atoms in total. The molecule has 1 aromatic heterocycles. The number of hydrazone groups is 1. The van der Waals surface area contributed by atoms with Crippen LogP contribution in [0, 0.1) is 28.4 Å². The number of nitrogens with one attached hydrogen (secondary N) is 1. The van der Waals surface area contributed by atoms with Crippen LogP contribution in [0.15, 0.2) is 23.3 Å². The lowest BCUT2D eigenvalue weighted by Gasteiger charge is -2.09. The highest BCUT2D eigenvalue weighted by molar-refractivity contribution is 5.86. The maximum Gasteiger partial charge on any atom is 0.311 e. The van der Waals surface area contributed by atoms with Crippen LogP contribution < -0.4 is 5.43 Å². The monoisotopic (exact) mass is 357 g/mol. The number of aryl methyl sites for hydroxylation is 1. The zero-order valence-corrected chi connectivity index (χ0v) is 13.9. The third kappa shape index (κ3) is 4.03. The molecule has 0 aliphatic carbocycles. The number of hydrogen-bond donors (Lipinski definition) is 3. The van der Waals surface area contributed by atoms with E-state index in [0.29, 0.717) is 11.3 Å². The van der Waals surface area contributed by atoms with E-state index >= 15 is 0 Å². The van der Waals surface area contributed by atoms with Crippen LogP contribution in [0.3, 0.4) is 0 Å². The standard InChI is InChI=1S/C16H15N5O5/c1-9-3-11(8-26-2)12(6-17)16(19-9)20-18-7-10-4-13(21(24)25)15(23)5-14(10)22/h3-5,7,22-23H,8H2,1-2H3,(H,19,20). The van der Waals surface area contributed by atoms with Crippen molar-refractivity contribution in [3.05, 3.63) is 50.7 Å². The van der Waals surface area contributed by atoms with Crippen LogP contribution in [0.5, 0.6) is 11.5 Å². The second-order valence-electron chi connectivity index (χ2n) is 5.22. The number of nitrogens with zero attached hydrogens (tertiary/aromatic N) is 4. The van der Waals surface area contributed by atoms with E-state index in [2.05, 4.69) is 15.5 Å². The Labute approximate surface area is 148 Å². The lowest BCUT2D eigenvalue weighted by atomic mass is 10.1. The summed E-state index contributed by atoms with van der Waals surface area (Å²) in [7, 11) is 1.50. The first kappa shape index (κ1) is 18.6. The van der Waals surface area contributed by atoms with Crippen LogP contribution >= 0.6 is 0 Å². The molecule has 0 spiro atoms. The molecular weight excluding hydrogens is 342 g/mol. The number of anilines is 1. The molecule has 0 unspecified atom stereocenters. The topological polar surface area (TPSA) is 154 Å². The highest BCUT2D eigenvalue weighted by Gasteiger charge is 2.17. The van der Waals surface area contributed by atoms with E-state index in [9.17, 15) is 25.6 Å². The zero-order chi connectivity index (χ0) is 19.3. The SMILES string of the molecule is COCc1cc(C)nc(NN=Cc2cc([N+](=O)[O-])c(O)cc2O)c1C#N. The summed E-state index contributed by atoms with van der Waals surface area (Å²) >= 11 is 0. The quantitative estimate of drug-likeness (QED) is 0.404. The highest BCUT2D eigenvalue weighted by Crippen LogP contribution is 2.32. The van der Waals surface area contributed by atoms with Crippen LogP contribution in [-0.4, -0.2) is 33.4 Å². The molecule has 0 radical (unpaired) electrons. The maximum absolute atomic E-state index is 10.8. The molecule has 0 aliphatic rings. The minimum absolute atomic E-state index is 0.00488. The summed E-state index contributed by atoms with van der Waals surface area (Å²) < 4.78 is 5.05. The molecule has 10 heteroatoms. The van der Waals surface area contributed by atoms with Gasteiger partial charge in [0.1, 0.15) is 17.4 Å². The fourth-order valence-corrected chi connectivity index (χ4v) is 2.21. The number of nitro groups is 1. The molecule has 0 amide bonds. The second kappa shape index (κ2) is 7.91. The lowest BCUT2D eigenvalue weighted by Crippen LogP contribution is -2.03. The Morgan fingerprint density at radius 2 is 2.15 bits per heavy atom. The van der Waals surface area contributed by atoms with Crippen molar-refractivity contribution < 1.29 is 19.9 Å². The molecule has 3 N–H and O–H groups in total. The summed E-state index contributed by atoms with van der Waals surface area (Å²) in [6, 6.07) is 5.55. The fraction of sp³-hybridized carbons (Fsp3) is 0.188. The number of pyridine rings is 1. The summed E-state index contributed by atoms with van der Waals surface area (Å²) in [6.45, 7) is 1.96. The van der Waals surface area contributed by atoms with Gasteiger partial charge >= 0.3 is 5.69 Å². The van der Waals surface area contributed by atoms with Crippen molar-refractivity contribution in [3.8, 4) is 17.6 Å². The van der Waals surface area contributed by atoms with E-state index in [1.54, 1.807) is 13.0 Å². The summed E-state index contributed by atoms with van der Waals surface area (Å²) in [6.07, 6.45) is 1.11. The van der Waals surface area contributed by atoms with Gasteiger partial charge in [0.05, 0.1) is 17.7 Å². The van der Waals surface area contributed by atoms with E-state index < -0.39 is 22.1 Å². The third-order valence-corrected chi connectivity index (χ3v) is 3.34. The number of hydrogen-bond acceptors (Lipinski definition) is 9. The number of nitriles is 1. The molecule has 26 heavy (non-hydrogen) atoms. The number of phenols is 2. The Bertz CT molecular complexity index is 920. The van der Waals surface area contributed by atoms with Crippen LogP contribution in [-0.2, 0) is 11.3 Å². The lowest BCUT2D eigenvalue weighted by molar-refractivity contribution is -0.385. The van der Waals surface area contributed by atoms with Gasteiger partial charge in [-0.3, -0.25) is 15.5 Å². The van der Waals surface area contributed by atoms with Crippen molar-refractivity contribution in [2.45, 2.75) is 13.5 Å². The predicted octanol–water partition coefficient (Wildman–Crippen LogP) is 2.17. The van der Waals surface area contributed by atoms with Crippen molar-refractivity contribution in [3.63, 3.8) is 0 Å². The van der Waals surface area contributed by atoms with Crippen LogP contribution in [0.25, 0.3) is 0 Å². The average molecular weight is 357 g/mol. The molecule has 2 aromatic rings. The van der Waals surface area contributed by atoms with E-state index in [1.165, 1.54) is 7.11 Å². The minimum Gasteiger partial charge on any atom is -0.507 e. The second-order valence-corrected chi connectivity index (χ2v) is 5.22. The molecule has 0 saturated heterocycles. The number of benzene rings is 1.